The Hall–Kier alpha value is -0.890. The van der Waals surface area contributed by atoms with Gasteiger partial charge in [-0.05, 0) is 31.4 Å². The summed E-state index contributed by atoms with van der Waals surface area (Å²) < 4.78 is 0. The third-order valence-electron chi connectivity index (χ3n) is 1.49. The zero-order valence-corrected chi connectivity index (χ0v) is 7.04. The number of hydrogen-bond donors (Lipinski definition) is 1. The smallest absolute Gasteiger partial charge is 0.0300 e. The molecule has 0 aromatic carbocycles. The first kappa shape index (κ1) is 8.21. The highest BCUT2D eigenvalue weighted by molar-refractivity contribution is 5.17. The lowest BCUT2D eigenvalue weighted by molar-refractivity contribution is 0.735. The van der Waals surface area contributed by atoms with Crippen LogP contribution in [0.4, 0.5) is 0 Å². The topological polar surface area (TPSA) is 38.9 Å². The second-order valence-electron chi connectivity index (χ2n) is 3.05. The maximum atomic E-state index is 5.65. The van der Waals surface area contributed by atoms with Crippen LogP contribution < -0.4 is 5.73 Å². The predicted molar refractivity (Wildman–Crippen MR) is 46.3 cm³/mol. The van der Waals surface area contributed by atoms with Crippen molar-refractivity contribution in [2.45, 2.75) is 26.3 Å². The summed E-state index contributed by atoms with van der Waals surface area (Å²) in [6.45, 7) is 4.04. The molecule has 1 aromatic heterocycles. The average Bonchev–Trinajstić information content (AvgIpc) is 1.85. The highest BCUT2D eigenvalue weighted by atomic mass is 14.6. The molecule has 1 heterocycles. The molecule has 0 fully saturated rings. The van der Waals surface area contributed by atoms with Gasteiger partial charge < -0.3 is 5.73 Å². The third-order valence-corrected chi connectivity index (χ3v) is 1.49. The predicted octanol–water partition coefficient (Wildman–Crippen LogP) is 1.28. The average molecular weight is 150 g/mol. The molecule has 0 saturated carbocycles. The van der Waals surface area contributed by atoms with E-state index in [0.717, 1.165) is 6.42 Å². The van der Waals surface area contributed by atoms with Gasteiger partial charge in [-0.15, -0.1) is 0 Å². The fourth-order valence-electron chi connectivity index (χ4n) is 1.10. The fourth-order valence-corrected chi connectivity index (χ4v) is 1.10. The summed E-state index contributed by atoms with van der Waals surface area (Å²) in [7, 11) is 0. The third kappa shape index (κ3) is 2.68. The lowest BCUT2D eigenvalue weighted by Gasteiger charge is -2.04. The van der Waals surface area contributed by atoms with E-state index in [1.165, 1.54) is 11.1 Å². The first-order valence-electron chi connectivity index (χ1n) is 3.84. The van der Waals surface area contributed by atoms with E-state index in [9.17, 15) is 0 Å². The van der Waals surface area contributed by atoms with Crippen LogP contribution in [0.15, 0.2) is 18.5 Å². The molecule has 0 aliphatic rings. The Bertz CT molecular complexity index is 231. The van der Waals surface area contributed by atoms with E-state index >= 15 is 0 Å². The number of aromatic nitrogens is 1. The van der Waals surface area contributed by atoms with Crippen LogP contribution >= 0.6 is 0 Å². The molecule has 0 amide bonds. The maximum absolute atomic E-state index is 5.65. The van der Waals surface area contributed by atoms with Gasteiger partial charge in [-0.3, -0.25) is 4.98 Å². The molecular weight excluding hydrogens is 136 g/mol. The van der Waals surface area contributed by atoms with Crippen LogP contribution in [0.5, 0.6) is 0 Å². The Morgan fingerprint density at radius 3 is 2.82 bits per heavy atom. The molecule has 2 heteroatoms. The van der Waals surface area contributed by atoms with Crippen molar-refractivity contribution in [3.05, 3.63) is 29.6 Å². The summed E-state index contributed by atoms with van der Waals surface area (Å²) in [6.07, 6.45) is 4.63. The van der Waals surface area contributed by atoms with Crippen LogP contribution in [0.3, 0.4) is 0 Å². The number of hydrogen-bond acceptors (Lipinski definition) is 2. The largest absolute Gasteiger partial charge is 0.328 e. The van der Waals surface area contributed by atoms with Crippen molar-refractivity contribution in [3.63, 3.8) is 0 Å². The van der Waals surface area contributed by atoms with Crippen molar-refractivity contribution in [1.82, 2.24) is 4.98 Å². The fraction of sp³-hybridized carbons (Fsp3) is 0.444. The first-order valence-corrected chi connectivity index (χ1v) is 3.84. The van der Waals surface area contributed by atoms with E-state index in [1.54, 1.807) is 0 Å². The number of nitrogens with two attached hydrogens (primary N) is 1. The van der Waals surface area contributed by atoms with Gasteiger partial charge in [-0.25, -0.2) is 0 Å². The quantitative estimate of drug-likeness (QED) is 0.689. The summed E-state index contributed by atoms with van der Waals surface area (Å²) in [6, 6.07) is 2.34. The number of pyridine rings is 1. The van der Waals surface area contributed by atoms with Crippen LogP contribution in [-0.4, -0.2) is 11.0 Å². The second kappa shape index (κ2) is 3.49. The standard InChI is InChI=1S/C9H14N2/c1-7-3-9(4-8(2)10)6-11-5-7/h3,5-6,8H,4,10H2,1-2H3/t8-/m0/s1. The van der Waals surface area contributed by atoms with Crippen molar-refractivity contribution in [2.24, 2.45) is 5.73 Å². The Kier molecular flexibility index (Phi) is 2.60. The van der Waals surface area contributed by atoms with Crippen molar-refractivity contribution in [2.75, 3.05) is 0 Å². The van der Waals surface area contributed by atoms with Crippen LogP contribution in [0.2, 0.25) is 0 Å². The second-order valence-corrected chi connectivity index (χ2v) is 3.05. The van der Waals surface area contributed by atoms with Gasteiger partial charge >= 0.3 is 0 Å². The molecule has 0 saturated heterocycles. The van der Waals surface area contributed by atoms with Crippen molar-refractivity contribution in [1.29, 1.82) is 0 Å². The molecule has 0 unspecified atom stereocenters. The molecule has 0 spiro atoms. The van der Waals surface area contributed by atoms with Crippen molar-refractivity contribution >= 4 is 0 Å². The van der Waals surface area contributed by atoms with Crippen LogP contribution in [0, 0.1) is 6.92 Å². The molecule has 1 aromatic rings. The molecule has 0 bridgehead atoms. The van der Waals surface area contributed by atoms with E-state index < -0.39 is 0 Å². The highest BCUT2D eigenvalue weighted by Gasteiger charge is 1.97. The van der Waals surface area contributed by atoms with Gasteiger partial charge in [0.25, 0.3) is 0 Å². The minimum absolute atomic E-state index is 0.221. The molecule has 60 valence electrons. The monoisotopic (exact) mass is 150 g/mol. The van der Waals surface area contributed by atoms with Crippen molar-refractivity contribution in [3.8, 4) is 0 Å². The zero-order valence-electron chi connectivity index (χ0n) is 7.04. The highest BCUT2D eigenvalue weighted by Crippen LogP contribution is 2.02. The van der Waals surface area contributed by atoms with Crippen molar-refractivity contribution < 1.29 is 0 Å². The molecule has 0 radical (unpaired) electrons. The summed E-state index contributed by atoms with van der Waals surface area (Å²) >= 11 is 0. The van der Waals surface area contributed by atoms with E-state index in [1.807, 2.05) is 26.2 Å². The number of nitrogens with zero attached hydrogens (tertiary/aromatic N) is 1. The molecule has 1 rings (SSSR count). The summed E-state index contributed by atoms with van der Waals surface area (Å²) in [4.78, 5) is 4.08. The minimum Gasteiger partial charge on any atom is -0.328 e. The molecule has 0 aliphatic heterocycles. The normalized spacial score (nSPS) is 13.0. The van der Waals surface area contributed by atoms with Gasteiger partial charge in [0.1, 0.15) is 0 Å². The Labute approximate surface area is 67.5 Å². The maximum Gasteiger partial charge on any atom is 0.0300 e. The minimum atomic E-state index is 0.221. The zero-order chi connectivity index (χ0) is 8.27. The number of aryl methyl sites for hydroxylation is 1. The van der Waals surface area contributed by atoms with Crippen LogP contribution in [0.1, 0.15) is 18.1 Å². The summed E-state index contributed by atoms with van der Waals surface area (Å²) in [5.41, 5.74) is 8.07. The number of rotatable bonds is 2. The SMILES string of the molecule is Cc1cncc(C[C@H](C)N)c1. The van der Waals surface area contributed by atoms with Gasteiger partial charge in [0.2, 0.25) is 0 Å². The van der Waals surface area contributed by atoms with Crippen LogP contribution in [0.25, 0.3) is 0 Å². The molecule has 2 nitrogen and oxygen atoms in total. The van der Waals surface area contributed by atoms with Crippen LogP contribution in [-0.2, 0) is 6.42 Å². The molecule has 0 aliphatic carbocycles. The first-order chi connectivity index (χ1) is 5.18. The molecule has 11 heavy (non-hydrogen) atoms. The molecule has 2 N–H and O–H groups in total. The molecule has 1 atom stereocenters. The van der Waals surface area contributed by atoms with Gasteiger partial charge in [-0.1, -0.05) is 6.07 Å². The summed E-state index contributed by atoms with van der Waals surface area (Å²) in [5, 5.41) is 0. The van der Waals surface area contributed by atoms with Gasteiger partial charge in [0, 0.05) is 18.4 Å². The Balaban J connectivity index is 2.71. The van der Waals surface area contributed by atoms with Gasteiger partial charge in [0.05, 0.1) is 0 Å². The van der Waals surface area contributed by atoms with Gasteiger partial charge in [0.15, 0.2) is 0 Å². The Morgan fingerprint density at radius 1 is 1.55 bits per heavy atom. The van der Waals surface area contributed by atoms with E-state index in [-0.39, 0.29) is 6.04 Å². The lowest BCUT2D eigenvalue weighted by atomic mass is 10.1. The van der Waals surface area contributed by atoms with E-state index in [2.05, 4.69) is 11.1 Å². The van der Waals surface area contributed by atoms with E-state index in [4.69, 9.17) is 5.73 Å². The molecular formula is C9H14N2. The lowest BCUT2D eigenvalue weighted by Crippen LogP contribution is -2.17. The Morgan fingerprint density at radius 2 is 2.27 bits per heavy atom. The van der Waals surface area contributed by atoms with E-state index in [0.29, 0.717) is 0 Å². The summed E-state index contributed by atoms with van der Waals surface area (Å²) in [5.74, 6) is 0. The van der Waals surface area contributed by atoms with Gasteiger partial charge in [-0.2, -0.15) is 0 Å².